The minimum Gasteiger partial charge on any atom is -0.321 e. The smallest absolute Gasteiger partial charge is 0.249 e. The van der Waals surface area contributed by atoms with Crippen LogP contribution < -0.4 is 5.32 Å². The molecule has 1 aromatic heterocycles. The molecule has 1 aliphatic rings. The number of anilines is 1. The first-order valence-corrected chi connectivity index (χ1v) is 10.4. The highest BCUT2D eigenvalue weighted by Gasteiger charge is 2.34. The van der Waals surface area contributed by atoms with Gasteiger partial charge in [0.05, 0.1) is 16.6 Å². The summed E-state index contributed by atoms with van der Waals surface area (Å²) in [5.41, 5.74) is 1.36. The number of halogens is 2. The number of aromatic nitrogens is 1. The summed E-state index contributed by atoms with van der Waals surface area (Å²) in [5, 5.41) is 6.19. The number of amides is 2. The zero-order valence-corrected chi connectivity index (χ0v) is 16.4. The van der Waals surface area contributed by atoms with E-state index in [1.807, 2.05) is 5.38 Å². The molecule has 2 heterocycles. The van der Waals surface area contributed by atoms with Gasteiger partial charge >= 0.3 is 0 Å². The molecule has 1 aliphatic heterocycles. The highest BCUT2D eigenvalue weighted by atomic mass is 35.5. The van der Waals surface area contributed by atoms with Crippen LogP contribution in [0.2, 0.25) is 10.0 Å². The second-order valence-electron chi connectivity index (χ2n) is 5.38. The molecule has 1 fully saturated rings. The summed E-state index contributed by atoms with van der Waals surface area (Å²) in [6, 6.07) is 4.69. The third-order valence-electron chi connectivity index (χ3n) is 3.75. The Morgan fingerprint density at radius 3 is 2.96 bits per heavy atom. The van der Waals surface area contributed by atoms with E-state index in [-0.39, 0.29) is 11.8 Å². The molecule has 0 radical (unpaired) electrons. The van der Waals surface area contributed by atoms with Gasteiger partial charge in [-0.15, -0.1) is 23.1 Å². The van der Waals surface area contributed by atoms with Crippen LogP contribution in [0.15, 0.2) is 23.6 Å². The first kappa shape index (κ1) is 18.5. The molecule has 3 rings (SSSR count). The lowest BCUT2D eigenvalue weighted by atomic mass is 10.2. The van der Waals surface area contributed by atoms with E-state index in [2.05, 4.69) is 10.3 Å². The van der Waals surface area contributed by atoms with Gasteiger partial charge in [-0.2, -0.15) is 0 Å². The van der Waals surface area contributed by atoms with Gasteiger partial charge in [-0.25, -0.2) is 4.98 Å². The average molecular weight is 416 g/mol. The van der Waals surface area contributed by atoms with Gasteiger partial charge in [-0.3, -0.25) is 9.59 Å². The molecular formula is C16H15Cl2N3O2S2. The third-order valence-corrected chi connectivity index (χ3v) is 6.08. The molecule has 1 N–H and O–H groups in total. The quantitative estimate of drug-likeness (QED) is 0.804. The van der Waals surface area contributed by atoms with E-state index < -0.39 is 6.04 Å². The molecule has 0 spiro atoms. The largest absolute Gasteiger partial charge is 0.321 e. The van der Waals surface area contributed by atoms with Crippen LogP contribution in [0.5, 0.6) is 0 Å². The summed E-state index contributed by atoms with van der Waals surface area (Å²) in [6.45, 7) is 1.79. The number of thioether (sulfide) groups is 1. The van der Waals surface area contributed by atoms with Crippen LogP contribution in [0.3, 0.4) is 0 Å². The molecule has 9 heteroatoms. The standard InChI is InChI=1S/C16H15Cl2N3O2S2/c1-2-14(22)21-8-24-7-13(21)15(23)20-16-19-12(6-25-16)10-5-9(17)3-4-11(10)18/h3-6,13H,2,7-8H2,1H3,(H,19,20,23). The molecule has 25 heavy (non-hydrogen) atoms. The number of nitrogens with zero attached hydrogens (tertiary/aromatic N) is 2. The van der Waals surface area contributed by atoms with Crippen molar-refractivity contribution in [1.29, 1.82) is 0 Å². The molecule has 2 amide bonds. The summed E-state index contributed by atoms with van der Waals surface area (Å²) in [7, 11) is 0. The van der Waals surface area contributed by atoms with E-state index in [9.17, 15) is 9.59 Å². The van der Waals surface area contributed by atoms with Crippen LogP contribution in [-0.4, -0.2) is 39.4 Å². The summed E-state index contributed by atoms with van der Waals surface area (Å²) in [4.78, 5) is 30.5. The highest BCUT2D eigenvalue weighted by Crippen LogP contribution is 2.33. The van der Waals surface area contributed by atoms with Crippen LogP contribution >= 0.6 is 46.3 Å². The van der Waals surface area contributed by atoms with Crippen molar-refractivity contribution in [2.75, 3.05) is 16.9 Å². The van der Waals surface area contributed by atoms with Crippen molar-refractivity contribution in [3.05, 3.63) is 33.6 Å². The second-order valence-corrected chi connectivity index (χ2v) is 8.09. The van der Waals surface area contributed by atoms with E-state index in [0.29, 0.717) is 44.5 Å². The molecule has 132 valence electrons. The minimum absolute atomic E-state index is 0.0179. The van der Waals surface area contributed by atoms with Crippen molar-refractivity contribution in [2.24, 2.45) is 0 Å². The number of hydrogen-bond acceptors (Lipinski definition) is 5. The number of carbonyl (C=O) groups is 2. The zero-order chi connectivity index (χ0) is 18.0. The predicted octanol–water partition coefficient (Wildman–Crippen LogP) is 4.37. The van der Waals surface area contributed by atoms with Crippen molar-refractivity contribution in [1.82, 2.24) is 9.88 Å². The van der Waals surface area contributed by atoms with E-state index >= 15 is 0 Å². The fraction of sp³-hybridized carbons (Fsp3) is 0.312. The van der Waals surface area contributed by atoms with Gasteiger partial charge in [0.15, 0.2) is 5.13 Å². The number of hydrogen-bond donors (Lipinski definition) is 1. The van der Waals surface area contributed by atoms with Crippen LogP contribution in [0.1, 0.15) is 13.3 Å². The average Bonchev–Trinajstić information content (AvgIpc) is 3.25. The fourth-order valence-electron chi connectivity index (χ4n) is 2.45. The van der Waals surface area contributed by atoms with Crippen molar-refractivity contribution in [3.63, 3.8) is 0 Å². The van der Waals surface area contributed by atoms with Gasteiger partial charge in [0.2, 0.25) is 11.8 Å². The van der Waals surface area contributed by atoms with Gasteiger partial charge in [0.25, 0.3) is 0 Å². The first-order valence-electron chi connectivity index (χ1n) is 7.58. The van der Waals surface area contributed by atoms with E-state index in [1.165, 1.54) is 11.3 Å². The number of thiazole rings is 1. The lowest BCUT2D eigenvalue weighted by Crippen LogP contribution is -2.44. The number of rotatable bonds is 4. The van der Waals surface area contributed by atoms with Gasteiger partial charge in [0.1, 0.15) is 6.04 Å². The Morgan fingerprint density at radius 1 is 1.40 bits per heavy atom. The van der Waals surface area contributed by atoms with Crippen molar-refractivity contribution >= 4 is 63.2 Å². The maximum atomic E-state index is 12.5. The predicted molar refractivity (Wildman–Crippen MR) is 104 cm³/mol. The Hall–Kier alpha value is -1.28. The molecule has 1 unspecified atom stereocenters. The molecule has 5 nitrogen and oxygen atoms in total. The lowest BCUT2D eigenvalue weighted by Gasteiger charge is -2.21. The highest BCUT2D eigenvalue weighted by molar-refractivity contribution is 7.99. The molecule has 1 saturated heterocycles. The van der Waals surface area contributed by atoms with Crippen LogP contribution in [0.4, 0.5) is 5.13 Å². The molecular weight excluding hydrogens is 401 g/mol. The minimum atomic E-state index is -0.459. The Bertz CT molecular complexity index is 812. The maximum Gasteiger partial charge on any atom is 0.249 e. The van der Waals surface area contributed by atoms with Crippen molar-refractivity contribution in [3.8, 4) is 11.3 Å². The van der Waals surface area contributed by atoms with Crippen LogP contribution in [0.25, 0.3) is 11.3 Å². The van der Waals surface area contributed by atoms with E-state index in [1.54, 1.807) is 41.8 Å². The Balaban J connectivity index is 1.74. The molecule has 1 aromatic carbocycles. The summed E-state index contributed by atoms with van der Waals surface area (Å²) < 4.78 is 0. The molecule has 2 aromatic rings. The fourth-order valence-corrected chi connectivity index (χ4v) is 4.73. The van der Waals surface area contributed by atoms with E-state index in [0.717, 1.165) is 0 Å². The molecule has 0 saturated carbocycles. The molecule has 0 aliphatic carbocycles. The van der Waals surface area contributed by atoms with E-state index in [4.69, 9.17) is 23.2 Å². The third kappa shape index (κ3) is 4.11. The van der Waals surface area contributed by atoms with Gasteiger partial charge in [-0.05, 0) is 18.2 Å². The maximum absolute atomic E-state index is 12.5. The zero-order valence-electron chi connectivity index (χ0n) is 13.3. The number of carbonyl (C=O) groups excluding carboxylic acids is 2. The Labute approximate surface area is 163 Å². The second kappa shape index (κ2) is 7.95. The van der Waals surface area contributed by atoms with Crippen LogP contribution in [-0.2, 0) is 9.59 Å². The topological polar surface area (TPSA) is 62.3 Å². The number of benzene rings is 1. The van der Waals surface area contributed by atoms with Crippen molar-refractivity contribution in [2.45, 2.75) is 19.4 Å². The van der Waals surface area contributed by atoms with Gasteiger partial charge in [0, 0.05) is 28.1 Å². The number of nitrogens with one attached hydrogen (secondary N) is 1. The monoisotopic (exact) mass is 415 g/mol. The summed E-state index contributed by atoms with van der Waals surface area (Å²) in [5.74, 6) is 0.905. The van der Waals surface area contributed by atoms with Crippen molar-refractivity contribution < 1.29 is 9.59 Å². The SMILES string of the molecule is CCC(=O)N1CSCC1C(=O)Nc1nc(-c2cc(Cl)ccc2Cl)cs1. The molecule has 1 atom stereocenters. The van der Waals surface area contributed by atoms with Gasteiger partial charge < -0.3 is 10.2 Å². The molecule has 0 bridgehead atoms. The van der Waals surface area contributed by atoms with Crippen LogP contribution in [0, 0.1) is 0 Å². The summed E-state index contributed by atoms with van der Waals surface area (Å²) in [6.07, 6.45) is 0.388. The first-order chi connectivity index (χ1) is 12.0. The summed E-state index contributed by atoms with van der Waals surface area (Å²) >= 11 is 15.1. The lowest BCUT2D eigenvalue weighted by molar-refractivity contribution is -0.135. The Kier molecular flexibility index (Phi) is 5.89. The van der Waals surface area contributed by atoms with Gasteiger partial charge in [-0.1, -0.05) is 30.1 Å². The normalized spacial score (nSPS) is 16.9. The Morgan fingerprint density at radius 2 is 2.20 bits per heavy atom.